The molecule has 1 unspecified atom stereocenters. The highest BCUT2D eigenvalue weighted by Gasteiger charge is 2.31. The van der Waals surface area contributed by atoms with Crippen molar-refractivity contribution in [1.29, 1.82) is 0 Å². The molecule has 2 N–H and O–H groups in total. The van der Waals surface area contributed by atoms with Crippen LogP contribution in [0, 0.1) is 5.41 Å². The summed E-state index contributed by atoms with van der Waals surface area (Å²) < 4.78 is 5.73. The fourth-order valence-corrected chi connectivity index (χ4v) is 3.26. The SMILES string of the molecule is CCOC1CCN(CC(C)(C)C(N)c2ccccc2)CC1. The Morgan fingerprint density at radius 2 is 1.86 bits per heavy atom. The van der Waals surface area contributed by atoms with Gasteiger partial charge in [0.2, 0.25) is 0 Å². The van der Waals surface area contributed by atoms with Crippen molar-refractivity contribution in [2.75, 3.05) is 26.2 Å². The molecule has 2 rings (SSSR count). The third-order valence-electron chi connectivity index (χ3n) is 4.57. The first-order valence-corrected chi connectivity index (χ1v) is 8.17. The van der Waals surface area contributed by atoms with E-state index in [2.05, 4.69) is 49.9 Å². The first-order valence-electron chi connectivity index (χ1n) is 8.17. The van der Waals surface area contributed by atoms with Crippen LogP contribution in [-0.4, -0.2) is 37.2 Å². The summed E-state index contributed by atoms with van der Waals surface area (Å²) in [5.74, 6) is 0. The summed E-state index contributed by atoms with van der Waals surface area (Å²) in [6, 6.07) is 10.5. The van der Waals surface area contributed by atoms with Crippen LogP contribution in [-0.2, 0) is 4.74 Å². The lowest BCUT2D eigenvalue weighted by Crippen LogP contribution is -2.45. The quantitative estimate of drug-likeness (QED) is 0.874. The van der Waals surface area contributed by atoms with E-state index in [0.29, 0.717) is 6.10 Å². The van der Waals surface area contributed by atoms with Crippen molar-refractivity contribution in [3.05, 3.63) is 35.9 Å². The van der Waals surface area contributed by atoms with Gasteiger partial charge in [-0.25, -0.2) is 0 Å². The molecule has 0 aromatic heterocycles. The number of hydrogen-bond acceptors (Lipinski definition) is 3. The van der Waals surface area contributed by atoms with E-state index >= 15 is 0 Å². The maximum Gasteiger partial charge on any atom is 0.0599 e. The van der Waals surface area contributed by atoms with Gasteiger partial charge in [0.05, 0.1) is 6.10 Å². The van der Waals surface area contributed by atoms with Gasteiger partial charge in [-0.3, -0.25) is 0 Å². The molecule has 0 aliphatic carbocycles. The number of rotatable bonds is 6. The average molecular weight is 290 g/mol. The Hall–Kier alpha value is -0.900. The molecule has 0 radical (unpaired) electrons. The van der Waals surface area contributed by atoms with Gasteiger partial charge in [0, 0.05) is 32.3 Å². The van der Waals surface area contributed by atoms with Crippen LogP contribution in [0.5, 0.6) is 0 Å². The number of piperidine rings is 1. The van der Waals surface area contributed by atoms with Gasteiger partial charge < -0.3 is 15.4 Å². The van der Waals surface area contributed by atoms with Gasteiger partial charge in [-0.1, -0.05) is 44.2 Å². The molecule has 1 fully saturated rings. The molecule has 1 aromatic carbocycles. The Bertz CT molecular complexity index is 410. The fraction of sp³-hybridized carbons (Fsp3) is 0.667. The molecule has 1 aliphatic rings. The standard InChI is InChI=1S/C18H30N2O/c1-4-21-16-10-12-20(13-11-16)14-18(2,3)17(19)15-8-6-5-7-9-15/h5-9,16-17H,4,10-14,19H2,1-3H3. The minimum absolute atomic E-state index is 0.0692. The van der Waals surface area contributed by atoms with Crippen molar-refractivity contribution in [2.24, 2.45) is 11.1 Å². The van der Waals surface area contributed by atoms with Crippen molar-refractivity contribution in [3.63, 3.8) is 0 Å². The highest BCUT2D eigenvalue weighted by atomic mass is 16.5. The first-order chi connectivity index (χ1) is 10.0. The van der Waals surface area contributed by atoms with E-state index in [1.807, 2.05) is 6.07 Å². The Labute approximate surface area is 129 Å². The van der Waals surface area contributed by atoms with Gasteiger partial charge in [-0.15, -0.1) is 0 Å². The molecule has 118 valence electrons. The Kier molecular flexibility index (Phi) is 5.80. The van der Waals surface area contributed by atoms with Gasteiger partial charge in [-0.2, -0.15) is 0 Å². The lowest BCUT2D eigenvalue weighted by molar-refractivity contribution is 0.00452. The largest absolute Gasteiger partial charge is 0.378 e. The Morgan fingerprint density at radius 3 is 2.43 bits per heavy atom. The van der Waals surface area contributed by atoms with Crippen LogP contribution in [0.4, 0.5) is 0 Å². The van der Waals surface area contributed by atoms with E-state index in [4.69, 9.17) is 10.5 Å². The molecular formula is C18H30N2O. The smallest absolute Gasteiger partial charge is 0.0599 e. The second-order valence-corrected chi connectivity index (χ2v) is 6.81. The number of nitrogens with two attached hydrogens (primary N) is 1. The molecule has 1 saturated heterocycles. The summed E-state index contributed by atoms with van der Waals surface area (Å²) in [6.07, 6.45) is 2.74. The molecule has 1 heterocycles. The maximum atomic E-state index is 6.51. The monoisotopic (exact) mass is 290 g/mol. The molecule has 0 saturated carbocycles. The molecule has 0 amide bonds. The predicted octanol–water partition coefficient (Wildman–Crippen LogP) is 3.21. The van der Waals surface area contributed by atoms with Gasteiger partial charge >= 0.3 is 0 Å². The molecule has 3 nitrogen and oxygen atoms in total. The summed E-state index contributed by atoms with van der Waals surface area (Å²) in [5, 5.41) is 0. The second-order valence-electron chi connectivity index (χ2n) is 6.81. The molecule has 3 heteroatoms. The minimum Gasteiger partial charge on any atom is -0.378 e. The van der Waals surface area contributed by atoms with E-state index < -0.39 is 0 Å². The molecule has 0 bridgehead atoms. The van der Waals surface area contributed by atoms with Gasteiger partial charge in [0.15, 0.2) is 0 Å². The van der Waals surface area contributed by atoms with Crippen molar-refractivity contribution in [1.82, 2.24) is 4.90 Å². The summed E-state index contributed by atoms with van der Waals surface area (Å²) in [4.78, 5) is 2.54. The molecule has 1 aliphatic heterocycles. The summed E-state index contributed by atoms with van der Waals surface area (Å²) in [7, 11) is 0. The number of nitrogens with zero attached hydrogens (tertiary/aromatic N) is 1. The van der Waals surface area contributed by atoms with E-state index in [1.54, 1.807) is 0 Å². The van der Waals surface area contributed by atoms with Crippen molar-refractivity contribution in [2.45, 2.75) is 45.8 Å². The third-order valence-corrected chi connectivity index (χ3v) is 4.57. The van der Waals surface area contributed by atoms with E-state index in [9.17, 15) is 0 Å². The van der Waals surface area contributed by atoms with Gasteiger partial charge in [0.25, 0.3) is 0 Å². The summed E-state index contributed by atoms with van der Waals surface area (Å²) >= 11 is 0. The minimum atomic E-state index is 0.0692. The van der Waals surface area contributed by atoms with Gasteiger partial charge in [-0.05, 0) is 30.7 Å². The number of hydrogen-bond donors (Lipinski definition) is 1. The van der Waals surface area contributed by atoms with E-state index in [0.717, 1.165) is 39.1 Å². The molecule has 1 atom stereocenters. The van der Waals surface area contributed by atoms with Crippen molar-refractivity contribution < 1.29 is 4.74 Å². The Morgan fingerprint density at radius 1 is 1.24 bits per heavy atom. The van der Waals surface area contributed by atoms with Crippen LogP contribution in [0.25, 0.3) is 0 Å². The zero-order valence-electron chi connectivity index (χ0n) is 13.7. The maximum absolute atomic E-state index is 6.51. The molecular weight excluding hydrogens is 260 g/mol. The van der Waals surface area contributed by atoms with Crippen molar-refractivity contribution in [3.8, 4) is 0 Å². The van der Waals surface area contributed by atoms with Crippen LogP contribution in [0.2, 0.25) is 0 Å². The zero-order valence-corrected chi connectivity index (χ0v) is 13.7. The number of likely N-dealkylation sites (tertiary alicyclic amines) is 1. The third kappa shape index (κ3) is 4.53. The summed E-state index contributed by atoms with van der Waals surface area (Å²) in [6.45, 7) is 10.7. The zero-order chi connectivity index (χ0) is 15.3. The lowest BCUT2D eigenvalue weighted by Gasteiger charge is -2.40. The first kappa shape index (κ1) is 16.5. The molecule has 21 heavy (non-hydrogen) atoms. The van der Waals surface area contributed by atoms with Crippen LogP contribution in [0.15, 0.2) is 30.3 Å². The predicted molar refractivity (Wildman–Crippen MR) is 88.2 cm³/mol. The number of benzene rings is 1. The van der Waals surface area contributed by atoms with E-state index in [-0.39, 0.29) is 11.5 Å². The highest BCUT2D eigenvalue weighted by molar-refractivity contribution is 5.20. The highest BCUT2D eigenvalue weighted by Crippen LogP contribution is 2.33. The molecule has 0 spiro atoms. The van der Waals surface area contributed by atoms with Gasteiger partial charge in [0.1, 0.15) is 0 Å². The van der Waals surface area contributed by atoms with Crippen LogP contribution < -0.4 is 5.73 Å². The number of ether oxygens (including phenoxy) is 1. The lowest BCUT2D eigenvalue weighted by atomic mass is 9.80. The van der Waals surface area contributed by atoms with Crippen LogP contribution >= 0.6 is 0 Å². The Balaban J connectivity index is 1.89. The normalized spacial score (nSPS) is 19.6. The fourth-order valence-electron chi connectivity index (χ4n) is 3.26. The molecule has 1 aromatic rings. The van der Waals surface area contributed by atoms with E-state index in [1.165, 1.54) is 5.56 Å². The summed E-state index contributed by atoms with van der Waals surface area (Å²) in [5.41, 5.74) is 7.81. The topological polar surface area (TPSA) is 38.5 Å². The second kappa shape index (κ2) is 7.39. The average Bonchev–Trinajstić information content (AvgIpc) is 2.49. The van der Waals surface area contributed by atoms with Crippen LogP contribution in [0.3, 0.4) is 0 Å². The van der Waals surface area contributed by atoms with Crippen LogP contribution in [0.1, 0.15) is 45.2 Å². The van der Waals surface area contributed by atoms with Crippen molar-refractivity contribution >= 4 is 0 Å².